The van der Waals surface area contributed by atoms with Gasteiger partial charge < -0.3 is 10.1 Å². The second-order valence-electron chi connectivity index (χ2n) is 6.35. The maximum atomic E-state index is 6.17. The van der Waals surface area contributed by atoms with E-state index in [9.17, 15) is 0 Å². The Morgan fingerprint density at radius 3 is 2.48 bits per heavy atom. The van der Waals surface area contributed by atoms with E-state index in [2.05, 4.69) is 57.3 Å². The van der Waals surface area contributed by atoms with Crippen LogP contribution in [-0.4, -0.2) is 18.8 Å². The van der Waals surface area contributed by atoms with E-state index in [0.29, 0.717) is 0 Å². The van der Waals surface area contributed by atoms with Crippen molar-refractivity contribution in [2.45, 2.75) is 70.9 Å². The first-order valence-corrected chi connectivity index (χ1v) is 8.62. The second-order valence-corrected chi connectivity index (χ2v) is 6.35. The van der Waals surface area contributed by atoms with Crippen LogP contribution in [0.3, 0.4) is 0 Å². The number of hydrogen-bond acceptors (Lipinski definition) is 2. The van der Waals surface area contributed by atoms with Crippen LogP contribution in [0.4, 0.5) is 0 Å². The summed E-state index contributed by atoms with van der Waals surface area (Å²) < 4.78 is 6.17. The molecule has 0 heterocycles. The van der Waals surface area contributed by atoms with Crippen LogP contribution in [0.15, 0.2) is 24.3 Å². The van der Waals surface area contributed by atoms with Crippen LogP contribution in [0, 0.1) is 0 Å². The first-order valence-electron chi connectivity index (χ1n) is 8.62. The fraction of sp³-hybridized carbons (Fsp3) is 0.684. The molecule has 21 heavy (non-hydrogen) atoms. The van der Waals surface area contributed by atoms with Crippen LogP contribution in [0.5, 0.6) is 0 Å². The summed E-state index contributed by atoms with van der Waals surface area (Å²) in [5, 5.41) is 3.69. The van der Waals surface area contributed by atoms with Gasteiger partial charge in [-0.15, -0.1) is 0 Å². The van der Waals surface area contributed by atoms with Gasteiger partial charge in [-0.25, -0.2) is 0 Å². The van der Waals surface area contributed by atoms with Crippen LogP contribution in [-0.2, 0) is 4.74 Å². The molecule has 1 aliphatic carbocycles. The Hall–Kier alpha value is -0.860. The van der Waals surface area contributed by atoms with Crippen molar-refractivity contribution in [1.29, 1.82) is 0 Å². The van der Waals surface area contributed by atoms with Gasteiger partial charge in [-0.1, -0.05) is 44.5 Å². The number of benzene rings is 1. The molecule has 0 radical (unpaired) electrons. The smallest absolute Gasteiger partial charge is 0.0845 e. The van der Waals surface area contributed by atoms with Crippen LogP contribution in [0.2, 0.25) is 0 Å². The van der Waals surface area contributed by atoms with E-state index in [4.69, 9.17) is 4.74 Å². The van der Waals surface area contributed by atoms with Crippen molar-refractivity contribution in [1.82, 2.24) is 5.32 Å². The lowest BCUT2D eigenvalue weighted by molar-refractivity contribution is -0.0563. The monoisotopic (exact) mass is 289 g/mol. The van der Waals surface area contributed by atoms with Crippen molar-refractivity contribution in [2.75, 3.05) is 13.2 Å². The number of rotatable bonds is 8. The zero-order valence-corrected chi connectivity index (χ0v) is 14.1. The van der Waals surface area contributed by atoms with E-state index in [1.54, 1.807) is 0 Å². The zero-order chi connectivity index (χ0) is 15.3. The molecule has 0 bridgehead atoms. The summed E-state index contributed by atoms with van der Waals surface area (Å²) in [7, 11) is 0. The van der Waals surface area contributed by atoms with Gasteiger partial charge in [-0.3, -0.25) is 0 Å². The summed E-state index contributed by atoms with van der Waals surface area (Å²) >= 11 is 0. The largest absolute Gasteiger partial charge is 0.374 e. The van der Waals surface area contributed by atoms with Crippen molar-refractivity contribution < 1.29 is 4.74 Å². The van der Waals surface area contributed by atoms with Gasteiger partial charge in [0.15, 0.2) is 0 Å². The molecule has 1 aromatic rings. The van der Waals surface area contributed by atoms with E-state index in [0.717, 1.165) is 25.5 Å². The molecule has 2 unspecified atom stereocenters. The summed E-state index contributed by atoms with van der Waals surface area (Å²) in [5.41, 5.74) is 2.83. The molecule has 1 N–H and O–H groups in total. The van der Waals surface area contributed by atoms with Crippen LogP contribution in [0.25, 0.3) is 0 Å². The molecule has 1 aliphatic rings. The van der Waals surface area contributed by atoms with Crippen LogP contribution >= 0.6 is 0 Å². The highest BCUT2D eigenvalue weighted by Crippen LogP contribution is 2.42. The molecular weight excluding hydrogens is 258 g/mol. The third-order valence-electron chi connectivity index (χ3n) is 5.05. The maximum absolute atomic E-state index is 6.17. The molecule has 2 rings (SSSR count). The minimum absolute atomic E-state index is 0.148. The predicted molar refractivity (Wildman–Crippen MR) is 89.8 cm³/mol. The molecule has 0 amide bonds. The fourth-order valence-electron chi connectivity index (χ4n) is 3.44. The Bertz CT molecular complexity index is 441. The van der Waals surface area contributed by atoms with E-state index < -0.39 is 0 Å². The molecule has 2 nitrogen and oxygen atoms in total. The SMILES string of the molecule is CCNC(c1ccccc1C1CCC1)C(C)(CC)OCC. The van der Waals surface area contributed by atoms with Gasteiger partial charge in [0.05, 0.1) is 11.6 Å². The van der Waals surface area contributed by atoms with Gasteiger partial charge in [0, 0.05) is 6.61 Å². The van der Waals surface area contributed by atoms with Crippen molar-refractivity contribution in [3.8, 4) is 0 Å². The normalized spacial score (nSPS) is 19.8. The number of nitrogens with one attached hydrogen (secondary N) is 1. The standard InChI is InChI=1S/C19H31NO/c1-5-19(4,21-7-3)18(20-6-2)17-14-9-8-13-16(17)15-11-10-12-15/h8-9,13-15,18,20H,5-7,10-12H2,1-4H3. The lowest BCUT2D eigenvalue weighted by Crippen LogP contribution is -2.44. The van der Waals surface area contributed by atoms with Crippen molar-refractivity contribution in [3.63, 3.8) is 0 Å². The summed E-state index contributed by atoms with van der Waals surface area (Å²) in [6, 6.07) is 9.25. The molecule has 1 saturated carbocycles. The highest BCUT2D eigenvalue weighted by atomic mass is 16.5. The quantitative estimate of drug-likeness (QED) is 0.741. The first kappa shape index (κ1) is 16.5. The minimum atomic E-state index is -0.148. The average Bonchev–Trinajstić information content (AvgIpc) is 2.44. The molecule has 118 valence electrons. The lowest BCUT2D eigenvalue weighted by atomic mass is 9.75. The predicted octanol–water partition coefficient (Wildman–Crippen LogP) is 4.81. The fourth-order valence-corrected chi connectivity index (χ4v) is 3.44. The minimum Gasteiger partial charge on any atom is -0.374 e. The van der Waals surface area contributed by atoms with Crippen molar-refractivity contribution >= 4 is 0 Å². The van der Waals surface area contributed by atoms with Crippen LogP contribution < -0.4 is 5.32 Å². The topological polar surface area (TPSA) is 21.3 Å². The summed E-state index contributed by atoms with van der Waals surface area (Å²) in [5.74, 6) is 0.755. The molecule has 0 aromatic heterocycles. The van der Waals surface area contributed by atoms with Crippen LogP contribution in [0.1, 0.15) is 76.5 Å². The molecule has 0 spiro atoms. The van der Waals surface area contributed by atoms with Gasteiger partial charge in [0.25, 0.3) is 0 Å². The van der Waals surface area contributed by atoms with Gasteiger partial charge in [0.2, 0.25) is 0 Å². The molecule has 0 saturated heterocycles. The Morgan fingerprint density at radius 1 is 1.24 bits per heavy atom. The zero-order valence-electron chi connectivity index (χ0n) is 14.1. The van der Waals surface area contributed by atoms with Gasteiger partial charge in [-0.05, 0) is 56.7 Å². The Balaban J connectivity index is 2.37. The Morgan fingerprint density at radius 2 is 1.95 bits per heavy atom. The molecule has 2 atom stereocenters. The number of likely N-dealkylation sites (N-methyl/N-ethyl adjacent to an activating group) is 1. The summed E-state index contributed by atoms with van der Waals surface area (Å²) in [4.78, 5) is 0. The van der Waals surface area contributed by atoms with Crippen molar-refractivity contribution in [2.24, 2.45) is 0 Å². The average molecular weight is 289 g/mol. The summed E-state index contributed by atoms with van der Waals surface area (Å²) in [6.45, 7) is 10.5. The molecule has 1 fully saturated rings. The molecule has 0 aliphatic heterocycles. The maximum Gasteiger partial charge on any atom is 0.0845 e. The van der Waals surface area contributed by atoms with Crippen molar-refractivity contribution in [3.05, 3.63) is 35.4 Å². The number of hydrogen-bond donors (Lipinski definition) is 1. The Labute approximate surface area is 130 Å². The van der Waals surface area contributed by atoms with Gasteiger partial charge in [-0.2, -0.15) is 0 Å². The second kappa shape index (κ2) is 7.42. The summed E-state index contributed by atoms with van der Waals surface area (Å²) in [6.07, 6.45) is 5.07. The molecular formula is C19H31NO. The third kappa shape index (κ3) is 3.49. The van der Waals surface area contributed by atoms with E-state index in [-0.39, 0.29) is 11.6 Å². The van der Waals surface area contributed by atoms with E-state index in [1.165, 1.54) is 30.4 Å². The first-order chi connectivity index (χ1) is 10.2. The number of ether oxygens (including phenoxy) is 1. The van der Waals surface area contributed by atoms with Gasteiger partial charge >= 0.3 is 0 Å². The van der Waals surface area contributed by atoms with E-state index in [1.807, 2.05) is 0 Å². The highest BCUT2D eigenvalue weighted by Gasteiger charge is 2.36. The molecule has 1 aromatic carbocycles. The Kier molecular flexibility index (Phi) is 5.83. The molecule has 2 heteroatoms. The lowest BCUT2D eigenvalue weighted by Gasteiger charge is -2.40. The van der Waals surface area contributed by atoms with E-state index >= 15 is 0 Å². The highest BCUT2D eigenvalue weighted by molar-refractivity contribution is 5.36. The third-order valence-corrected chi connectivity index (χ3v) is 5.05. The van der Waals surface area contributed by atoms with Gasteiger partial charge in [0.1, 0.15) is 0 Å².